The molecule has 1 aromatic heterocycles. The van der Waals surface area contributed by atoms with Crippen LogP contribution >= 0.6 is 0 Å². The Hall–Kier alpha value is -7.42. The molecule has 11 aromatic rings. The summed E-state index contributed by atoms with van der Waals surface area (Å²) < 4.78 is 2.42. The summed E-state index contributed by atoms with van der Waals surface area (Å²) in [4.78, 5) is 2.42. The van der Waals surface area contributed by atoms with Gasteiger partial charge in [0.2, 0.25) is 0 Å². The van der Waals surface area contributed by atoms with E-state index in [1.807, 2.05) is 0 Å². The second kappa shape index (κ2) is 13.2. The summed E-state index contributed by atoms with van der Waals surface area (Å²) in [7, 11) is 0. The molecule has 56 heavy (non-hydrogen) atoms. The van der Waals surface area contributed by atoms with Crippen LogP contribution in [0.15, 0.2) is 218 Å². The van der Waals surface area contributed by atoms with Gasteiger partial charge in [0, 0.05) is 27.8 Å². The Labute approximate surface area is 325 Å². The average molecular weight is 713 g/mol. The molecule has 0 radical (unpaired) electrons. The molecule has 0 spiro atoms. The monoisotopic (exact) mass is 712 g/mol. The van der Waals surface area contributed by atoms with Gasteiger partial charge in [-0.15, -0.1) is 0 Å². The molecule has 262 valence electrons. The van der Waals surface area contributed by atoms with Crippen molar-refractivity contribution in [2.24, 2.45) is 0 Å². The van der Waals surface area contributed by atoms with E-state index in [4.69, 9.17) is 0 Å². The van der Waals surface area contributed by atoms with E-state index in [2.05, 4.69) is 228 Å². The average Bonchev–Trinajstić information content (AvgIpc) is 3.62. The van der Waals surface area contributed by atoms with Crippen LogP contribution in [0.2, 0.25) is 0 Å². The molecule has 0 atom stereocenters. The maximum absolute atomic E-state index is 2.42. The van der Waals surface area contributed by atoms with E-state index in [9.17, 15) is 0 Å². The van der Waals surface area contributed by atoms with Crippen molar-refractivity contribution in [1.29, 1.82) is 0 Å². The van der Waals surface area contributed by atoms with Crippen LogP contribution in [-0.4, -0.2) is 4.57 Å². The fraction of sp³-hybridized carbons (Fsp3) is 0. The van der Waals surface area contributed by atoms with Crippen molar-refractivity contribution in [2.75, 3.05) is 4.90 Å². The van der Waals surface area contributed by atoms with Crippen LogP contribution in [0.1, 0.15) is 0 Å². The molecule has 0 aliphatic rings. The van der Waals surface area contributed by atoms with Gasteiger partial charge in [0.1, 0.15) is 0 Å². The lowest BCUT2D eigenvalue weighted by atomic mass is 9.94. The molecule has 2 nitrogen and oxygen atoms in total. The summed E-state index contributed by atoms with van der Waals surface area (Å²) in [6.45, 7) is 0. The summed E-state index contributed by atoms with van der Waals surface area (Å²) in [5.74, 6) is 0. The van der Waals surface area contributed by atoms with Crippen LogP contribution in [0.25, 0.3) is 82.1 Å². The number of anilines is 3. The fourth-order valence-electron chi connectivity index (χ4n) is 8.70. The predicted molar refractivity (Wildman–Crippen MR) is 239 cm³/mol. The smallest absolute Gasteiger partial charge is 0.0782 e. The zero-order valence-corrected chi connectivity index (χ0v) is 30.7. The third-order valence-corrected chi connectivity index (χ3v) is 11.3. The highest BCUT2D eigenvalue weighted by atomic mass is 15.2. The number of rotatable bonds is 6. The molecule has 0 aliphatic heterocycles. The molecule has 0 fully saturated rings. The summed E-state index contributed by atoms with van der Waals surface area (Å²) in [6.07, 6.45) is 0. The number of fused-ring (bicyclic) bond motifs is 8. The number of hydrogen-bond donors (Lipinski definition) is 0. The lowest BCUT2D eigenvalue weighted by Gasteiger charge is -2.27. The van der Waals surface area contributed by atoms with Crippen molar-refractivity contribution in [2.45, 2.75) is 0 Å². The Balaban J connectivity index is 1.09. The van der Waals surface area contributed by atoms with Crippen molar-refractivity contribution in [1.82, 2.24) is 4.57 Å². The van der Waals surface area contributed by atoms with Gasteiger partial charge in [-0.25, -0.2) is 0 Å². The number of nitrogens with zero attached hydrogens (tertiary/aromatic N) is 2. The highest BCUT2D eigenvalue weighted by Gasteiger charge is 2.21. The molecule has 0 bridgehead atoms. The third-order valence-electron chi connectivity index (χ3n) is 11.3. The summed E-state index contributed by atoms with van der Waals surface area (Å²) in [6, 6.07) is 79.5. The van der Waals surface area contributed by atoms with Crippen LogP contribution in [0.3, 0.4) is 0 Å². The molecular formula is C54H36N2. The minimum Gasteiger partial charge on any atom is -0.308 e. The van der Waals surface area contributed by atoms with Crippen molar-refractivity contribution < 1.29 is 0 Å². The fourth-order valence-corrected chi connectivity index (χ4v) is 8.70. The molecular weight excluding hydrogens is 677 g/mol. The highest BCUT2D eigenvalue weighted by Crippen LogP contribution is 2.44. The second-order valence-electron chi connectivity index (χ2n) is 14.5. The molecule has 2 heteroatoms. The largest absolute Gasteiger partial charge is 0.308 e. The lowest BCUT2D eigenvalue weighted by molar-refractivity contribution is 1.17. The number of benzene rings is 10. The van der Waals surface area contributed by atoms with Crippen molar-refractivity contribution in [3.63, 3.8) is 0 Å². The first-order valence-corrected chi connectivity index (χ1v) is 19.3. The third kappa shape index (κ3) is 5.26. The maximum Gasteiger partial charge on any atom is 0.0782 e. The van der Waals surface area contributed by atoms with E-state index in [1.165, 1.54) is 76.4 Å². The minimum absolute atomic E-state index is 1.09. The summed E-state index contributed by atoms with van der Waals surface area (Å²) in [5, 5.41) is 10.1. The number of aromatic nitrogens is 1. The first-order valence-electron chi connectivity index (χ1n) is 19.3. The van der Waals surface area contributed by atoms with Gasteiger partial charge in [-0.05, 0) is 109 Å². The molecule has 0 saturated carbocycles. The van der Waals surface area contributed by atoms with Gasteiger partial charge >= 0.3 is 0 Å². The number of hydrogen-bond acceptors (Lipinski definition) is 1. The van der Waals surface area contributed by atoms with E-state index in [0.717, 1.165) is 22.7 Å². The first kappa shape index (κ1) is 32.0. The van der Waals surface area contributed by atoms with Gasteiger partial charge in [-0.1, -0.05) is 164 Å². The molecule has 10 aromatic carbocycles. The van der Waals surface area contributed by atoms with Crippen LogP contribution in [-0.2, 0) is 0 Å². The van der Waals surface area contributed by atoms with Gasteiger partial charge < -0.3 is 9.47 Å². The van der Waals surface area contributed by atoms with E-state index >= 15 is 0 Å². The van der Waals surface area contributed by atoms with E-state index in [0.29, 0.717) is 0 Å². The van der Waals surface area contributed by atoms with Crippen LogP contribution in [0.5, 0.6) is 0 Å². The topological polar surface area (TPSA) is 8.17 Å². The van der Waals surface area contributed by atoms with Gasteiger partial charge in [0.25, 0.3) is 0 Å². The van der Waals surface area contributed by atoms with E-state index < -0.39 is 0 Å². The summed E-state index contributed by atoms with van der Waals surface area (Å²) in [5.41, 5.74) is 11.6. The Morgan fingerprint density at radius 1 is 0.321 bits per heavy atom. The normalized spacial score (nSPS) is 11.6. The minimum atomic E-state index is 1.09. The maximum atomic E-state index is 2.42. The second-order valence-corrected chi connectivity index (χ2v) is 14.5. The van der Waals surface area contributed by atoms with Gasteiger partial charge in [-0.3, -0.25) is 0 Å². The Bertz CT molecular complexity index is 3210. The van der Waals surface area contributed by atoms with Crippen LogP contribution in [0, 0.1) is 0 Å². The molecule has 0 amide bonds. The van der Waals surface area contributed by atoms with Gasteiger partial charge in [0.15, 0.2) is 0 Å². The molecule has 0 unspecified atom stereocenters. The Morgan fingerprint density at radius 2 is 0.839 bits per heavy atom. The van der Waals surface area contributed by atoms with Gasteiger partial charge in [-0.2, -0.15) is 0 Å². The zero-order valence-electron chi connectivity index (χ0n) is 30.7. The van der Waals surface area contributed by atoms with Gasteiger partial charge in [0.05, 0.1) is 16.7 Å². The Morgan fingerprint density at radius 3 is 1.57 bits per heavy atom. The zero-order chi connectivity index (χ0) is 37.0. The highest BCUT2D eigenvalue weighted by molar-refractivity contribution is 6.21. The molecule has 11 rings (SSSR count). The molecule has 1 heterocycles. The quantitative estimate of drug-likeness (QED) is 0.156. The van der Waals surface area contributed by atoms with Crippen LogP contribution in [0.4, 0.5) is 17.1 Å². The lowest BCUT2D eigenvalue weighted by Crippen LogP contribution is -2.11. The van der Waals surface area contributed by atoms with Crippen molar-refractivity contribution in [3.05, 3.63) is 218 Å². The van der Waals surface area contributed by atoms with E-state index in [1.54, 1.807) is 0 Å². The molecule has 0 aliphatic carbocycles. The number of para-hydroxylation sites is 3. The van der Waals surface area contributed by atoms with E-state index in [-0.39, 0.29) is 0 Å². The van der Waals surface area contributed by atoms with Crippen molar-refractivity contribution >= 4 is 71.2 Å². The molecule has 0 saturated heterocycles. The SMILES string of the molecule is c1ccc(-c2ccc(N(c3ccc(-c4ccc5ccc6ccc7ccccc7c6c5c4)cc3)c3cccc4c5ccccc5n(-c5ccccc5)c34)cc2)cc1. The van der Waals surface area contributed by atoms with Crippen molar-refractivity contribution in [3.8, 4) is 27.9 Å². The Kier molecular flexibility index (Phi) is 7.53. The molecule has 0 N–H and O–H groups in total. The predicted octanol–water partition coefficient (Wildman–Crippen LogP) is 15.0. The standard InChI is InChI=1S/C54H36N2/c1-3-12-37(13-4-1)38-28-32-45(33-29-38)55(52-21-11-19-49-48-18-9-10-20-51(48)56(54(49)52)44-15-5-2-6-16-44)46-34-30-39(31-35-46)43-27-24-41-23-26-42-25-22-40-14-7-8-17-47(40)53(42)50(41)36-43/h1-36H. The summed E-state index contributed by atoms with van der Waals surface area (Å²) >= 11 is 0. The first-order chi connectivity index (χ1) is 27.8. The van der Waals surface area contributed by atoms with Crippen LogP contribution < -0.4 is 4.90 Å².